The fourth-order valence-electron chi connectivity index (χ4n) is 1.15. The third-order valence-electron chi connectivity index (χ3n) is 1.86. The van der Waals surface area contributed by atoms with E-state index in [1.807, 2.05) is 0 Å². The molecule has 7 heteroatoms. The Morgan fingerprint density at radius 2 is 2.20 bits per heavy atom. The van der Waals surface area contributed by atoms with Gasteiger partial charge in [-0.05, 0) is 22.9 Å². The molecule has 0 atom stereocenters. The van der Waals surface area contributed by atoms with Crippen molar-refractivity contribution in [2.75, 3.05) is 0 Å². The molecule has 15 heavy (non-hydrogen) atoms. The fourth-order valence-corrected chi connectivity index (χ4v) is 1.56. The van der Waals surface area contributed by atoms with Gasteiger partial charge in [0.1, 0.15) is 5.56 Å². The van der Waals surface area contributed by atoms with Crippen LogP contribution in [0.2, 0.25) is 0 Å². The van der Waals surface area contributed by atoms with Crippen molar-refractivity contribution in [3.63, 3.8) is 0 Å². The zero-order chi connectivity index (χ0) is 11.7. The van der Waals surface area contributed by atoms with Gasteiger partial charge in [0.15, 0.2) is 5.82 Å². The second-order valence-electron chi connectivity index (χ2n) is 2.75. The highest BCUT2D eigenvalue weighted by molar-refractivity contribution is 9.10. The molecule has 0 saturated heterocycles. The summed E-state index contributed by atoms with van der Waals surface area (Å²) in [5.41, 5.74) is -1.31. The Balaban J connectivity index is 3.63. The van der Waals surface area contributed by atoms with E-state index in [4.69, 9.17) is 5.11 Å². The van der Waals surface area contributed by atoms with E-state index in [1.54, 1.807) is 0 Å². The molecular formula is C8H5BrFNO4. The quantitative estimate of drug-likeness (QED) is 0.665. The van der Waals surface area contributed by atoms with Crippen LogP contribution < -0.4 is 0 Å². The second kappa shape index (κ2) is 3.93. The zero-order valence-corrected chi connectivity index (χ0v) is 9.04. The van der Waals surface area contributed by atoms with Crippen molar-refractivity contribution in [1.82, 2.24) is 0 Å². The molecule has 0 aliphatic rings. The predicted molar refractivity (Wildman–Crippen MR) is 52.5 cm³/mol. The van der Waals surface area contributed by atoms with Gasteiger partial charge in [-0.15, -0.1) is 0 Å². The molecule has 0 amide bonds. The molecule has 1 aromatic rings. The van der Waals surface area contributed by atoms with Gasteiger partial charge in [0.05, 0.1) is 9.40 Å². The Bertz CT molecular complexity index is 460. The SMILES string of the molecule is Cc1c([N+](=O)[O-])cc(Br)c(F)c1C(=O)O. The maximum absolute atomic E-state index is 13.3. The van der Waals surface area contributed by atoms with Gasteiger partial charge in [0.25, 0.3) is 5.69 Å². The van der Waals surface area contributed by atoms with Crippen LogP contribution >= 0.6 is 15.9 Å². The van der Waals surface area contributed by atoms with E-state index in [2.05, 4.69) is 15.9 Å². The summed E-state index contributed by atoms with van der Waals surface area (Å²) >= 11 is 2.72. The van der Waals surface area contributed by atoms with Crippen LogP contribution in [0.5, 0.6) is 0 Å². The monoisotopic (exact) mass is 277 g/mol. The number of carboxylic acids is 1. The molecule has 0 bridgehead atoms. The number of carboxylic acid groups (broad SMARTS) is 1. The van der Waals surface area contributed by atoms with E-state index >= 15 is 0 Å². The third-order valence-corrected chi connectivity index (χ3v) is 2.44. The number of rotatable bonds is 2. The lowest BCUT2D eigenvalue weighted by atomic mass is 10.1. The zero-order valence-electron chi connectivity index (χ0n) is 7.45. The Kier molecular flexibility index (Phi) is 3.04. The molecule has 1 aromatic carbocycles. The first-order valence-corrected chi connectivity index (χ1v) is 4.51. The van der Waals surface area contributed by atoms with E-state index < -0.39 is 28.0 Å². The first kappa shape index (κ1) is 11.6. The van der Waals surface area contributed by atoms with Crippen molar-refractivity contribution < 1.29 is 19.2 Å². The van der Waals surface area contributed by atoms with Crippen LogP contribution in [0, 0.1) is 22.9 Å². The van der Waals surface area contributed by atoms with Crippen LogP contribution in [-0.2, 0) is 0 Å². The summed E-state index contributed by atoms with van der Waals surface area (Å²) in [4.78, 5) is 20.5. The van der Waals surface area contributed by atoms with Gasteiger partial charge in [-0.3, -0.25) is 10.1 Å². The van der Waals surface area contributed by atoms with Gasteiger partial charge in [-0.2, -0.15) is 0 Å². The normalized spacial score (nSPS) is 10.1. The van der Waals surface area contributed by atoms with Crippen molar-refractivity contribution in [2.45, 2.75) is 6.92 Å². The standard InChI is InChI=1S/C8H5BrFNO4/c1-3-5(11(14)15)2-4(9)7(10)6(3)8(12)13/h2H,1H3,(H,12,13). The number of nitro groups is 1. The molecule has 0 spiro atoms. The average Bonchev–Trinajstić information content (AvgIpc) is 2.10. The fraction of sp³-hybridized carbons (Fsp3) is 0.125. The smallest absolute Gasteiger partial charge is 0.339 e. The molecule has 1 N–H and O–H groups in total. The van der Waals surface area contributed by atoms with E-state index in [0.717, 1.165) is 6.07 Å². The van der Waals surface area contributed by atoms with Crippen molar-refractivity contribution in [2.24, 2.45) is 0 Å². The summed E-state index contributed by atoms with van der Waals surface area (Å²) in [5.74, 6) is -2.54. The lowest BCUT2D eigenvalue weighted by molar-refractivity contribution is -0.385. The average molecular weight is 278 g/mol. The van der Waals surface area contributed by atoms with E-state index in [-0.39, 0.29) is 10.0 Å². The molecule has 0 aliphatic heterocycles. The maximum Gasteiger partial charge on any atom is 0.339 e. The van der Waals surface area contributed by atoms with Gasteiger partial charge in [-0.1, -0.05) is 0 Å². The summed E-state index contributed by atoms with van der Waals surface area (Å²) in [6.45, 7) is 1.19. The Morgan fingerprint density at radius 1 is 1.67 bits per heavy atom. The van der Waals surface area contributed by atoms with Crippen LogP contribution in [0.4, 0.5) is 10.1 Å². The summed E-state index contributed by atoms with van der Waals surface area (Å²) in [6.07, 6.45) is 0. The lowest BCUT2D eigenvalue weighted by Gasteiger charge is -2.05. The molecule has 0 fully saturated rings. The summed E-state index contributed by atoms with van der Waals surface area (Å²) in [6, 6.07) is 0.942. The van der Waals surface area contributed by atoms with Gasteiger partial charge in [0.2, 0.25) is 0 Å². The van der Waals surface area contributed by atoms with Crippen molar-refractivity contribution in [3.05, 3.63) is 37.6 Å². The Morgan fingerprint density at radius 3 is 2.60 bits per heavy atom. The lowest BCUT2D eigenvalue weighted by Crippen LogP contribution is -2.07. The molecule has 0 aromatic heterocycles. The number of nitrogens with zero attached hydrogens (tertiary/aromatic N) is 1. The Hall–Kier alpha value is -1.50. The minimum atomic E-state index is -1.53. The Labute approximate surface area is 91.8 Å². The van der Waals surface area contributed by atoms with Gasteiger partial charge in [-0.25, -0.2) is 9.18 Å². The van der Waals surface area contributed by atoms with Crippen LogP contribution in [0.15, 0.2) is 10.5 Å². The third kappa shape index (κ3) is 1.96. The molecule has 5 nitrogen and oxygen atoms in total. The second-order valence-corrected chi connectivity index (χ2v) is 3.61. The summed E-state index contributed by atoms with van der Waals surface area (Å²) < 4.78 is 13.1. The minimum absolute atomic E-state index is 0.201. The highest BCUT2D eigenvalue weighted by Gasteiger charge is 2.24. The van der Waals surface area contributed by atoms with Gasteiger partial charge in [0, 0.05) is 11.6 Å². The van der Waals surface area contributed by atoms with E-state index in [1.165, 1.54) is 6.92 Å². The first-order valence-electron chi connectivity index (χ1n) is 3.72. The topological polar surface area (TPSA) is 80.4 Å². The summed E-state index contributed by atoms with van der Waals surface area (Å²) in [7, 11) is 0. The van der Waals surface area contributed by atoms with Crippen LogP contribution in [0.3, 0.4) is 0 Å². The molecule has 80 valence electrons. The molecule has 0 saturated carbocycles. The first-order chi connectivity index (χ1) is 6.86. The highest BCUT2D eigenvalue weighted by atomic mass is 79.9. The highest BCUT2D eigenvalue weighted by Crippen LogP contribution is 2.30. The van der Waals surface area contributed by atoms with E-state index in [0.29, 0.717) is 0 Å². The maximum atomic E-state index is 13.3. The van der Waals surface area contributed by atoms with Crippen LogP contribution in [-0.4, -0.2) is 16.0 Å². The number of hydrogen-bond donors (Lipinski definition) is 1. The molecule has 0 radical (unpaired) electrons. The number of nitro benzene ring substituents is 1. The van der Waals surface area contributed by atoms with Crippen molar-refractivity contribution in [3.8, 4) is 0 Å². The largest absolute Gasteiger partial charge is 0.478 e. The number of benzene rings is 1. The number of aromatic carboxylic acids is 1. The van der Waals surface area contributed by atoms with Crippen LogP contribution in [0.1, 0.15) is 15.9 Å². The van der Waals surface area contributed by atoms with Gasteiger partial charge < -0.3 is 5.11 Å². The summed E-state index contributed by atoms with van der Waals surface area (Å²) in [5, 5.41) is 19.2. The molecule has 0 aliphatic carbocycles. The molecule has 1 rings (SSSR count). The number of halogens is 2. The van der Waals surface area contributed by atoms with E-state index in [9.17, 15) is 19.3 Å². The minimum Gasteiger partial charge on any atom is -0.478 e. The molecular weight excluding hydrogens is 273 g/mol. The van der Waals surface area contributed by atoms with Gasteiger partial charge >= 0.3 is 5.97 Å². The number of hydrogen-bond acceptors (Lipinski definition) is 3. The number of carbonyl (C=O) groups is 1. The van der Waals surface area contributed by atoms with Crippen LogP contribution in [0.25, 0.3) is 0 Å². The van der Waals surface area contributed by atoms with Crippen molar-refractivity contribution in [1.29, 1.82) is 0 Å². The molecule has 0 unspecified atom stereocenters. The predicted octanol–water partition coefficient (Wildman–Crippen LogP) is 2.50. The van der Waals surface area contributed by atoms with Crippen molar-refractivity contribution >= 4 is 27.6 Å². The molecule has 0 heterocycles.